The van der Waals surface area contributed by atoms with Crippen molar-refractivity contribution in [3.63, 3.8) is 0 Å². The molecule has 2 heteroatoms. The summed E-state index contributed by atoms with van der Waals surface area (Å²) < 4.78 is 4.99. The molecule has 0 spiro atoms. The standard InChI is InChI=1S/C11H23NO/c1-10-4-3-5-11(8-10)9-12-6-7-13-2/h10-12H,3-9H2,1-2H3. The summed E-state index contributed by atoms with van der Waals surface area (Å²) in [6.45, 7) is 5.40. The second kappa shape index (κ2) is 6.39. The van der Waals surface area contributed by atoms with Gasteiger partial charge in [0.15, 0.2) is 0 Å². The highest BCUT2D eigenvalue weighted by molar-refractivity contribution is 4.71. The first-order valence-corrected chi connectivity index (χ1v) is 5.52. The van der Waals surface area contributed by atoms with Gasteiger partial charge in [-0.1, -0.05) is 19.8 Å². The maximum atomic E-state index is 4.99. The van der Waals surface area contributed by atoms with Gasteiger partial charge in [0.2, 0.25) is 0 Å². The molecule has 0 aliphatic heterocycles. The molecule has 1 aliphatic rings. The van der Waals surface area contributed by atoms with Gasteiger partial charge in [0.05, 0.1) is 6.61 Å². The van der Waals surface area contributed by atoms with Gasteiger partial charge in [0, 0.05) is 13.7 Å². The number of nitrogens with one attached hydrogen (secondary N) is 1. The van der Waals surface area contributed by atoms with E-state index in [-0.39, 0.29) is 0 Å². The summed E-state index contributed by atoms with van der Waals surface area (Å²) in [6, 6.07) is 0. The fourth-order valence-corrected chi connectivity index (χ4v) is 2.23. The Morgan fingerprint density at radius 1 is 1.38 bits per heavy atom. The molecule has 1 saturated carbocycles. The second-order valence-electron chi connectivity index (χ2n) is 4.33. The molecule has 0 radical (unpaired) electrons. The molecule has 1 N–H and O–H groups in total. The lowest BCUT2D eigenvalue weighted by atomic mass is 9.82. The van der Waals surface area contributed by atoms with E-state index in [1.54, 1.807) is 7.11 Å². The van der Waals surface area contributed by atoms with Crippen LogP contribution in [0.25, 0.3) is 0 Å². The number of hydrogen-bond donors (Lipinski definition) is 1. The quantitative estimate of drug-likeness (QED) is 0.662. The number of rotatable bonds is 5. The largest absolute Gasteiger partial charge is 0.383 e. The van der Waals surface area contributed by atoms with Crippen molar-refractivity contribution in [2.24, 2.45) is 11.8 Å². The van der Waals surface area contributed by atoms with Crippen LogP contribution in [0.3, 0.4) is 0 Å². The van der Waals surface area contributed by atoms with E-state index in [9.17, 15) is 0 Å². The molecule has 0 aromatic heterocycles. The van der Waals surface area contributed by atoms with Crippen LogP contribution in [0.1, 0.15) is 32.6 Å². The number of hydrogen-bond acceptors (Lipinski definition) is 2. The minimum Gasteiger partial charge on any atom is -0.383 e. The number of methoxy groups -OCH3 is 1. The third kappa shape index (κ3) is 4.63. The molecule has 1 rings (SSSR count). The lowest BCUT2D eigenvalue weighted by Gasteiger charge is -2.26. The second-order valence-corrected chi connectivity index (χ2v) is 4.33. The predicted octanol–water partition coefficient (Wildman–Crippen LogP) is 2.05. The lowest BCUT2D eigenvalue weighted by molar-refractivity contribution is 0.194. The van der Waals surface area contributed by atoms with Crippen molar-refractivity contribution in [1.82, 2.24) is 5.32 Å². The van der Waals surface area contributed by atoms with Gasteiger partial charge in [-0.2, -0.15) is 0 Å². The molecule has 1 aliphatic carbocycles. The van der Waals surface area contributed by atoms with Crippen LogP contribution in [0, 0.1) is 11.8 Å². The summed E-state index contributed by atoms with van der Waals surface area (Å²) >= 11 is 0. The van der Waals surface area contributed by atoms with E-state index < -0.39 is 0 Å². The van der Waals surface area contributed by atoms with Crippen molar-refractivity contribution in [3.05, 3.63) is 0 Å². The SMILES string of the molecule is COCCNCC1CCCC(C)C1. The first-order valence-electron chi connectivity index (χ1n) is 5.52. The smallest absolute Gasteiger partial charge is 0.0587 e. The van der Waals surface area contributed by atoms with Gasteiger partial charge >= 0.3 is 0 Å². The Hall–Kier alpha value is -0.0800. The lowest BCUT2D eigenvalue weighted by Crippen LogP contribution is -2.28. The van der Waals surface area contributed by atoms with Gasteiger partial charge in [-0.3, -0.25) is 0 Å². The van der Waals surface area contributed by atoms with Crippen LogP contribution in [0.5, 0.6) is 0 Å². The molecule has 0 aromatic carbocycles. The zero-order valence-corrected chi connectivity index (χ0v) is 9.01. The fraction of sp³-hybridized carbons (Fsp3) is 1.00. The van der Waals surface area contributed by atoms with E-state index in [1.807, 2.05) is 0 Å². The molecule has 13 heavy (non-hydrogen) atoms. The summed E-state index contributed by atoms with van der Waals surface area (Å²) in [5.74, 6) is 1.86. The van der Waals surface area contributed by atoms with Crippen LogP contribution in [-0.4, -0.2) is 26.8 Å². The first-order chi connectivity index (χ1) is 6.33. The van der Waals surface area contributed by atoms with Crippen molar-refractivity contribution in [3.8, 4) is 0 Å². The van der Waals surface area contributed by atoms with Crippen molar-refractivity contribution >= 4 is 0 Å². The maximum Gasteiger partial charge on any atom is 0.0587 e. The molecule has 0 bridgehead atoms. The molecule has 0 aromatic rings. The Morgan fingerprint density at radius 2 is 2.23 bits per heavy atom. The van der Waals surface area contributed by atoms with Gasteiger partial charge < -0.3 is 10.1 Å². The zero-order chi connectivity index (χ0) is 9.52. The van der Waals surface area contributed by atoms with Gasteiger partial charge in [-0.05, 0) is 31.2 Å². The Kier molecular flexibility index (Phi) is 5.40. The summed E-state index contributed by atoms with van der Waals surface area (Å²) in [5, 5.41) is 3.45. The highest BCUT2D eigenvalue weighted by Gasteiger charge is 2.17. The van der Waals surface area contributed by atoms with Crippen LogP contribution >= 0.6 is 0 Å². The molecular formula is C11H23NO. The minimum absolute atomic E-state index is 0.836. The third-order valence-corrected chi connectivity index (χ3v) is 2.96. The van der Waals surface area contributed by atoms with Gasteiger partial charge in [-0.15, -0.1) is 0 Å². The molecular weight excluding hydrogens is 162 g/mol. The molecule has 2 nitrogen and oxygen atoms in total. The predicted molar refractivity (Wildman–Crippen MR) is 55.9 cm³/mol. The highest BCUT2D eigenvalue weighted by Crippen LogP contribution is 2.27. The van der Waals surface area contributed by atoms with Gasteiger partial charge in [0.1, 0.15) is 0 Å². The minimum atomic E-state index is 0.836. The van der Waals surface area contributed by atoms with E-state index >= 15 is 0 Å². The molecule has 0 saturated heterocycles. The molecule has 2 unspecified atom stereocenters. The van der Waals surface area contributed by atoms with E-state index in [0.29, 0.717) is 0 Å². The Morgan fingerprint density at radius 3 is 2.92 bits per heavy atom. The van der Waals surface area contributed by atoms with E-state index in [0.717, 1.165) is 25.0 Å². The topological polar surface area (TPSA) is 21.3 Å². The van der Waals surface area contributed by atoms with Crippen LogP contribution < -0.4 is 5.32 Å². The van der Waals surface area contributed by atoms with E-state index in [2.05, 4.69) is 12.2 Å². The Bertz CT molecular complexity index is 127. The monoisotopic (exact) mass is 185 g/mol. The summed E-state index contributed by atoms with van der Waals surface area (Å²) in [7, 11) is 1.75. The van der Waals surface area contributed by atoms with Crippen LogP contribution in [0.4, 0.5) is 0 Å². The highest BCUT2D eigenvalue weighted by atomic mass is 16.5. The molecule has 0 heterocycles. The normalized spacial score (nSPS) is 29.1. The van der Waals surface area contributed by atoms with Gasteiger partial charge in [-0.25, -0.2) is 0 Å². The Labute approximate surface area is 82.0 Å². The number of ether oxygens (including phenoxy) is 1. The third-order valence-electron chi connectivity index (χ3n) is 2.96. The first kappa shape index (κ1) is 11.0. The van der Waals surface area contributed by atoms with E-state index in [1.165, 1.54) is 32.2 Å². The molecule has 78 valence electrons. The van der Waals surface area contributed by atoms with E-state index in [4.69, 9.17) is 4.74 Å². The average molecular weight is 185 g/mol. The summed E-state index contributed by atoms with van der Waals surface area (Å²) in [6.07, 6.45) is 5.71. The van der Waals surface area contributed by atoms with Crippen LogP contribution in [0.2, 0.25) is 0 Å². The molecule has 1 fully saturated rings. The zero-order valence-electron chi connectivity index (χ0n) is 9.01. The summed E-state index contributed by atoms with van der Waals surface area (Å²) in [4.78, 5) is 0. The van der Waals surface area contributed by atoms with Crippen molar-refractivity contribution < 1.29 is 4.74 Å². The van der Waals surface area contributed by atoms with Crippen molar-refractivity contribution in [2.75, 3.05) is 26.8 Å². The van der Waals surface area contributed by atoms with Crippen molar-refractivity contribution in [1.29, 1.82) is 0 Å². The van der Waals surface area contributed by atoms with Crippen molar-refractivity contribution in [2.45, 2.75) is 32.6 Å². The Balaban J connectivity index is 2.00. The average Bonchev–Trinajstić information content (AvgIpc) is 2.13. The van der Waals surface area contributed by atoms with Crippen LogP contribution in [-0.2, 0) is 4.74 Å². The molecule has 2 atom stereocenters. The van der Waals surface area contributed by atoms with Crippen LogP contribution in [0.15, 0.2) is 0 Å². The fourth-order valence-electron chi connectivity index (χ4n) is 2.23. The van der Waals surface area contributed by atoms with Gasteiger partial charge in [0.25, 0.3) is 0 Å². The maximum absolute atomic E-state index is 4.99. The summed E-state index contributed by atoms with van der Waals surface area (Å²) in [5.41, 5.74) is 0. The molecule has 0 amide bonds.